The SMILES string of the molecule is CC1CCN(c2ccc(C(=O)NC(=S)Nc3ccc(Cc4nc5cc(Cl)ccc5o4)cc3)cc2[N+](=O)[O-])CC1. The number of amides is 1. The molecular weight excluding hydrogens is 538 g/mol. The maximum atomic E-state index is 12.8. The topological polar surface area (TPSA) is 114 Å². The average molecular weight is 564 g/mol. The molecule has 1 saturated heterocycles. The molecule has 0 bridgehead atoms. The summed E-state index contributed by atoms with van der Waals surface area (Å²) in [6.07, 6.45) is 2.46. The Morgan fingerprint density at radius 2 is 1.90 bits per heavy atom. The Hall–Kier alpha value is -4.02. The summed E-state index contributed by atoms with van der Waals surface area (Å²) in [5.74, 6) is 0.650. The van der Waals surface area contributed by atoms with Crippen LogP contribution < -0.4 is 15.5 Å². The van der Waals surface area contributed by atoms with Crippen LogP contribution in [-0.2, 0) is 6.42 Å². The number of fused-ring (bicyclic) bond motifs is 1. The molecule has 2 N–H and O–H groups in total. The number of carbonyl (C=O) groups excluding carboxylic acids is 1. The highest BCUT2D eigenvalue weighted by Crippen LogP contribution is 2.32. The van der Waals surface area contributed by atoms with Crippen LogP contribution in [0.1, 0.15) is 41.6 Å². The fourth-order valence-corrected chi connectivity index (χ4v) is 4.95. The highest BCUT2D eigenvalue weighted by molar-refractivity contribution is 7.80. The largest absolute Gasteiger partial charge is 0.440 e. The number of halogens is 1. The lowest BCUT2D eigenvalue weighted by atomic mass is 9.98. The minimum absolute atomic E-state index is 0.0836. The van der Waals surface area contributed by atoms with Gasteiger partial charge in [0.25, 0.3) is 11.6 Å². The number of aromatic nitrogens is 1. The fraction of sp³-hybridized carbons (Fsp3) is 0.250. The van der Waals surface area contributed by atoms with E-state index >= 15 is 0 Å². The van der Waals surface area contributed by atoms with Crippen LogP contribution in [-0.4, -0.2) is 34.0 Å². The van der Waals surface area contributed by atoms with Gasteiger partial charge < -0.3 is 14.6 Å². The van der Waals surface area contributed by atoms with Crippen LogP contribution in [0.5, 0.6) is 0 Å². The molecule has 39 heavy (non-hydrogen) atoms. The minimum atomic E-state index is -0.526. The molecule has 9 nitrogen and oxygen atoms in total. The predicted octanol–water partition coefficient (Wildman–Crippen LogP) is 6.34. The number of anilines is 2. The van der Waals surface area contributed by atoms with E-state index in [1.165, 1.54) is 6.07 Å². The second-order valence-electron chi connectivity index (χ2n) is 9.63. The molecule has 1 aromatic heterocycles. The Morgan fingerprint density at radius 3 is 2.62 bits per heavy atom. The summed E-state index contributed by atoms with van der Waals surface area (Å²) >= 11 is 11.3. The molecule has 0 atom stereocenters. The number of hydrogen-bond donors (Lipinski definition) is 2. The van der Waals surface area contributed by atoms with Gasteiger partial charge in [0.2, 0.25) is 0 Å². The quantitative estimate of drug-likeness (QED) is 0.159. The smallest absolute Gasteiger partial charge is 0.293 e. The summed E-state index contributed by atoms with van der Waals surface area (Å²) in [6, 6.07) is 17.3. The lowest BCUT2D eigenvalue weighted by Gasteiger charge is -2.31. The van der Waals surface area contributed by atoms with Gasteiger partial charge in [0, 0.05) is 41.9 Å². The second kappa shape index (κ2) is 11.4. The summed E-state index contributed by atoms with van der Waals surface area (Å²) in [6.45, 7) is 3.69. The molecule has 1 aliphatic heterocycles. The van der Waals surface area contributed by atoms with Crippen LogP contribution in [0.2, 0.25) is 5.02 Å². The van der Waals surface area contributed by atoms with Gasteiger partial charge >= 0.3 is 0 Å². The molecule has 5 rings (SSSR count). The van der Waals surface area contributed by atoms with Crippen molar-refractivity contribution >= 4 is 63.0 Å². The highest BCUT2D eigenvalue weighted by atomic mass is 35.5. The molecule has 1 amide bonds. The van der Waals surface area contributed by atoms with E-state index in [0.29, 0.717) is 45.7 Å². The number of oxazole rings is 1. The van der Waals surface area contributed by atoms with Crippen LogP contribution in [0.25, 0.3) is 11.1 Å². The monoisotopic (exact) mass is 563 g/mol. The van der Waals surface area contributed by atoms with Gasteiger partial charge in [-0.3, -0.25) is 20.2 Å². The van der Waals surface area contributed by atoms with Crippen LogP contribution in [0.3, 0.4) is 0 Å². The third kappa shape index (κ3) is 6.35. The van der Waals surface area contributed by atoms with Gasteiger partial charge in [0.05, 0.1) is 4.92 Å². The number of thiocarbonyl (C=S) groups is 1. The molecule has 0 spiro atoms. The van der Waals surface area contributed by atoms with Crippen molar-refractivity contribution in [1.29, 1.82) is 0 Å². The first-order chi connectivity index (χ1) is 18.7. The molecule has 11 heteroatoms. The van der Waals surface area contributed by atoms with Gasteiger partial charge in [-0.1, -0.05) is 30.7 Å². The van der Waals surface area contributed by atoms with Gasteiger partial charge in [-0.2, -0.15) is 0 Å². The Balaban J connectivity index is 1.20. The maximum absolute atomic E-state index is 12.8. The van der Waals surface area contributed by atoms with Crippen molar-refractivity contribution < 1.29 is 14.1 Å². The first-order valence-corrected chi connectivity index (χ1v) is 13.3. The summed E-state index contributed by atoms with van der Waals surface area (Å²) < 4.78 is 5.78. The van der Waals surface area contributed by atoms with Crippen LogP contribution in [0.15, 0.2) is 65.1 Å². The maximum Gasteiger partial charge on any atom is 0.293 e. The summed E-state index contributed by atoms with van der Waals surface area (Å²) in [4.78, 5) is 30.6. The zero-order chi connectivity index (χ0) is 27.5. The highest BCUT2D eigenvalue weighted by Gasteiger charge is 2.25. The lowest BCUT2D eigenvalue weighted by molar-refractivity contribution is -0.384. The molecule has 0 aliphatic carbocycles. The number of piperidine rings is 1. The molecule has 0 saturated carbocycles. The van der Waals surface area contributed by atoms with Crippen LogP contribution in [0.4, 0.5) is 17.1 Å². The van der Waals surface area contributed by atoms with Crippen molar-refractivity contribution in [3.63, 3.8) is 0 Å². The van der Waals surface area contributed by atoms with E-state index in [9.17, 15) is 14.9 Å². The van der Waals surface area contributed by atoms with E-state index in [1.54, 1.807) is 30.3 Å². The molecule has 200 valence electrons. The lowest BCUT2D eigenvalue weighted by Crippen LogP contribution is -2.35. The minimum Gasteiger partial charge on any atom is -0.440 e. The van der Waals surface area contributed by atoms with Crippen LogP contribution >= 0.6 is 23.8 Å². The average Bonchev–Trinajstić information content (AvgIpc) is 3.31. The normalized spacial score (nSPS) is 13.8. The molecule has 2 heterocycles. The number of nitro benzene ring substituents is 1. The molecule has 1 fully saturated rings. The standard InChI is InChI=1S/C28H26ClN5O4S/c1-17-10-12-33(13-11-17)23-8-4-19(15-24(23)34(36)37)27(35)32-28(39)30-21-6-2-18(3-7-21)14-26-31-22-16-20(29)5-9-25(22)38-26/h2-9,15-17H,10-14H2,1H3,(H2,30,32,35,39). The van der Waals surface area contributed by atoms with E-state index in [-0.39, 0.29) is 16.4 Å². The third-order valence-electron chi connectivity index (χ3n) is 6.75. The van der Waals surface area contributed by atoms with Gasteiger partial charge in [0.15, 0.2) is 16.6 Å². The van der Waals surface area contributed by atoms with E-state index in [0.717, 1.165) is 31.5 Å². The zero-order valence-electron chi connectivity index (χ0n) is 21.1. The Labute approximate surface area is 235 Å². The Kier molecular flexibility index (Phi) is 7.76. The van der Waals surface area contributed by atoms with Gasteiger partial charge in [0.1, 0.15) is 11.2 Å². The predicted molar refractivity (Wildman–Crippen MR) is 156 cm³/mol. The van der Waals surface area contributed by atoms with E-state index in [1.807, 2.05) is 29.2 Å². The number of hydrogen-bond acceptors (Lipinski definition) is 7. The molecule has 3 aromatic carbocycles. The Bertz CT molecular complexity index is 1550. The van der Waals surface area contributed by atoms with Gasteiger partial charge in [-0.15, -0.1) is 0 Å². The Morgan fingerprint density at radius 1 is 1.15 bits per heavy atom. The molecule has 1 aliphatic rings. The van der Waals surface area contributed by atoms with Gasteiger partial charge in [-0.25, -0.2) is 4.98 Å². The van der Waals surface area contributed by atoms with Gasteiger partial charge in [-0.05, 0) is 79.0 Å². The number of nitrogens with zero attached hydrogens (tertiary/aromatic N) is 3. The molecule has 0 radical (unpaired) electrons. The van der Waals surface area contributed by atoms with Crippen molar-refractivity contribution in [2.24, 2.45) is 5.92 Å². The third-order valence-corrected chi connectivity index (χ3v) is 7.19. The zero-order valence-corrected chi connectivity index (χ0v) is 22.7. The molecular formula is C28H26ClN5O4S. The van der Waals surface area contributed by atoms with Crippen molar-refractivity contribution in [2.75, 3.05) is 23.3 Å². The number of nitrogens with one attached hydrogen (secondary N) is 2. The van der Waals surface area contributed by atoms with E-state index < -0.39 is 10.8 Å². The van der Waals surface area contributed by atoms with Crippen LogP contribution in [0, 0.1) is 16.0 Å². The van der Waals surface area contributed by atoms with Crippen molar-refractivity contribution in [2.45, 2.75) is 26.2 Å². The first-order valence-electron chi connectivity index (χ1n) is 12.5. The molecule has 4 aromatic rings. The number of nitro groups is 1. The fourth-order valence-electron chi connectivity index (χ4n) is 4.57. The van der Waals surface area contributed by atoms with E-state index in [2.05, 4.69) is 22.5 Å². The first kappa shape index (κ1) is 26.6. The second-order valence-corrected chi connectivity index (χ2v) is 10.5. The number of benzene rings is 3. The summed E-state index contributed by atoms with van der Waals surface area (Å²) in [7, 11) is 0. The summed E-state index contributed by atoms with van der Waals surface area (Å²) in [5, 5.41) is 18.0. The number of carbonyl (C=O) groups is 1. The molecule has 0 unspecified atom stereocenters. The van der Waals surface area contributed by atoms with Crippen molar-refractivity contribution in [1.82, 2.24) is 10.3 Å². The van der Waals surface area contributed by atoms with Crippen molar-refractivity contribution in [3.05, 3.63) is 92.8 Å². The summed E-state index contributed by atoms with van der Waals surface area (Å²) in [5.41, 5.74) is 3.64. The van der Waals surface area contributed by atoms with Crippen molar-refractivity contribution in [3.8, 4) is 0 Å². The number of rotatable bonds is 6. The van der Waals surface area contributed by atoms with E-state index in [4.69, 9.17) is 28.2 Å².